The van der Waals surface area contributed by atoms with E-state index in [2.05, 4.69) is 39.8 Å². The van der Waals surface area contributed by atoms with Crippen LogP contribution in [0.15, 0.2) is 30.3 Å². The summed E-state index contributed by atoms with van der Waals surface area (Å²) < 4.78 is 4.97. The number of hydrogen-bond acceptors (Lipinski definition) is 2. The Morgan fingerprint density at radius 2 is 1.59 bits per heavy atom. The Hall–Kier alpha value is -0.687. The maximum atomic E-state index is 11.1. The molecule has 0 spiro atoms. The van der Waals surface area contributed by atoms with Gasteiger partial charge in [0.25, 0.3) is 0 Å². The van der Waals surface area contributed by atoms with Crippen LogP contribution in [0.1, 0.15) is 53.0 Å². The van der Waals surface area contributed by atoms with E-state index in [1.54, 1.807) is 0 Å². The van der Waals surface area contributed by atoms with Crippen molar-refractivity contribution in [3.8, 4) is 0 Å². The zero-order valence-electron chi connectivity index (χ0n) is 14.9. The molecule has 0 bridgehead atoms. The molecule has 22 heavy (non-hydrogen) atoms. The van der Waals surface area contributed by atoms with Crippen molar-refractivity contribution in [2.24, 2.45) is 5.41 Å². The van der Waals surface area contributed by atoms with Crippen LogP contribution in [-0.2, 0) is 34.4 Å². The summed E-state index contributed by atoms with van der Waals surface area (Å²) in [7, 11) is 0. The van der Waals surface area contributed by atoms with Crippen molar-refractivity contribution in [1.82, 2.24) is 0 Å². The molecule has 1 aromatic rings. The van der Waals surface area contributed by atoms with E-state index in [1.165, 1.54) is 5.56 Å². The molecule has 0 radical (unpaired) electrons. The third-order valence-electron chi connectivity index (χ3n) is 2.80. The molecular formula is C19H30O2Zn. The molecule has 120 valence electrons. The second-order valence-corrected chi connectivity index (χ2v) is 6.84. The van der Waals surface area contributed by atoms with Crippen molar-refractivity contribution in [3.63, 3.8) is 0 Å². The van der Waals surface area contributed by atoms with E-state index in [0.717, 1.165) is 12.8 Å². The summed E-state index contributed by atoms with van der Waals surface area (Å²) in [6, 6.07) is 10.3. The summed E-state index contributed by atoms with van der Waals surface area (Å²) >= 11 is 0. The summed E-state index contributed by atoms with van der Waals surface area (Å²) in [5.41, 5.74) is 0.956. The second kappa shape index (κ2) is 10.9. The van der Waals surface area contributed by atoms with Gasteiger partial charge in [-0.3, -0.25) is 4.79 Å². The van der Waals surface area contributed by atoms with E-state index < -0.39 is 0 Å². The zero-order valence-corrected chi connectivity index (χ0v) is 17.9. The summed E-state index contributed by atoms with van der Waals surface area (Å²) in [6.45, 7) is 18.0. The van der Waals surface area contributed by atoms with E-state index in [0.29, 0.717) is 6.61 Å². The van der Waals surface area contributed by atoms with Gasteiger partial charge in [0, 0.05) is 0 Å². The molecule has 0 N–H and O–H groups in total. The van der Waals surface area contributed by atoms with Crippen molar-refractivity contribution >= 4 is 5.97 Å². The zero-order chi connectivity index (χ0) is 16.5. The monoisotopic (exact) mass is 354 g/mol. The largest absolute Gasteiger partial charge is 2.00 e. The summed E-state index contributed by atoms with van der Waals surface area (Å²) in [6.07, 6.45) is 1.67. The van der Waals surface area contributed by atoms with Crippen LogP contribution < -0.4 is 0 Å². The molecule has 0 saturated heterocycles. The van der Waals surface area contributed by atoms with Gasteiger partial charge in [0.05, 0.1) is 12.0 Å². The van der Waals surface area contributed by atoms with Crippen molar-refractivity contribution in [1.29, 1.82) is 0 Å². The van der Waals surface area contributed by atoms with Crippen LogP contribution in [0, 0.1) is 19.3 Å². The number of rotatable bonds is 4. The van der Waals surface area contributed by atoms with Crippen LogP contribution in [0.25, 0.3) is 0 Å². The number of benzene rings is 1. The normalized spacial score (nSPS) is 10.9. The molecule has 0 amide bonds. The number of esters is 1. The van der Waals surface area contributed by atoms with Crippen LogP contribution in [0.3, 0.4) is 0 Å². The molecule has 0 aromatic heterocycles. The van der Waals surface area contributed by atoms with E-state index in [1.807, 2.05) is 39.0 Å². The first-order valence-corrected chi connectivity index (χ1v) is 7.46. The van der Waals surface area contributed by atoms with Crippen LogP contribution in [0.4, 0.5) is 0 Å². The number of unbranched alkanes of at least 4 members (excludes halogenated alkanes) is 1. The quantitative estimate of drug-likeness (QED) is 0.329. The summed E-state index contributed by atoms with van der Waals surface area (Å²) in [5.74, 6) is -0.133. The molecule has 2 nitrogen and oxygen atoms in total. The van der Waals surface area contributed by atoms with Crippen LogP contribution in [0.5, 0.6) is 0 Å². The minimum absolute atomic E-state index is 0. The van der Waals surface area contributed by atoms with Gasteiger partial charge in [-0.2, -0.15) is 6.42 Å². The fourth-order valence-electron chi connectivity index (χ4n) is 1.37. The van der Waals surface area contributed by atoms with Crippen molar-refractivity contribution in [3.05, 3.63) is 49.7 Å². The Kier molecular flexibility index (Phi) is 11.7. The first-order chi connectivity index (χ1) is 9.59. The van der Waals surface area contributed by atoms with Crippen molar-refractivity contribution in [2.45, 2.75) is 52.9 Å². The number of carbonyl (C=O) groups is 1. The van der Waals surface area contributed by atoms with Crippen molar-refractivity contribution in [2.75, 3.05) is 6.61 Å². The van der Waals surface area contributed by atoms with Gasteiger partial charge in [-0.05, 0) is 27.2 Å². The minimum Gasteiger partial charge on any atom is -0.465 e. The third kappa shape index (κ3) is 11.0. The maximum Gasteiger partial charge on any atom is 2.00 e. The molecule has 0 fully saturated rings. The predicted octanol–water partition coefficient (Wildman–Crippen LogP) is 4.99. The van der Waals surface area contributed by atoms with Gasteiger partial charge in [0.1, 0.15) is 0 Å². The smallest absolute Gasteiger partial charge is 0.465 e. The number of ether oxygens (including phenoxy) is 1. The van der Waals surface area contributed by atoms with Gasteiger partial charge in [-0.1, -0.05) is 49.7 Å². The predicted molar refractivity (Wildman–Crippen MR) is 89.8 cm³/mol. The minimum atomic E-state index is -0.374. The Morgan fingerprint density at radius 3 is 1.91 bits per heavy atom. The fourth-order valence-corrected chi connectivity index (χ4v) is 1.37. The van der Waals surface area contributed by atoms with Gasteiger partial charge in [0.15, 0.2) is 0 Å². The van der Waals surface area contributed by atoms with Crippen LogP contribution in [-0.4, -0.2) is 12.6 Å². The molecule has 0 aliphatic heterocycles. The molecule has 0 atom stereocenters. The average Bonchev–Trinajstić information content (AvgIpc) is 2.38. The van der Waals surface area contributed by atoms with Gasteiger partial charge < -0.3 is 18.6 Å². The summed E-state index contributed by atoms with van der Waals surface area (Å²) in [4.78, 5) is 11.1. The Morgan fingerprint density at radius 1 is 1.09 bits per heavy atom. The number of hydrogen-bond donors (Lipinski definition) is 0. The molecule has 0 unspecified atom stereocenters. The van der Waals surface area contributed by atoms with Crippen molar-refractivity contribution < 1.29 is 29.0 Å². The molecule has 3 heteroatoms. The standard InChI is InChI=1S/C10H13.C9H17O2.Zn/c1-10(2,3)9-7-5-4-6-8-9;1-5-6-7-11-8(10)9(2,3)4;/h4-8H,1H2,2-3H3;1,5-7H2,2-4H3;/q2*-1;+2. The molecule has 1 rings (SSSR count). The molecule has 0 saturated carbocycles. The van der Waals surface area contributed by atoms with E-state index in [9.17, 15) is 4.79 Å². The third-order valence-corrected chi connectivity index (χ3v) is 2.80. The van der Waals surface area contributed by atoms with E-state index in [4.69, 9.17) is 4.74 Å². The second-order valence-electron chi connectivity index (χ2n) is 6.84. The van der Waals surface area contributed by atoms with Crippen LogP contribution >= 0.6 is 0 Å². The molecule has 0 aliphatic rings. The molecule has 0 heterocycles. The SMILES string of the molecule is [CH2-]C(C)(C)c1ccccc1.[CH2-]CCCOC(=O)C(C)(C)C.[Zn+2]. The maximum absolute atomic E-state index is 11.1. The summed E-state index contributed by atoms with van der Waals surface area (Å²) in [5, 5.41) is 0. The molecule has 1 aromatic carbocycles. The van der Waals surface area contributed by atoms with Gasteiger partial charge in [-0.25, -0.2) is 0 Å². The van der Waals surface area contributed by atoms with Gasteiger partial charge >= 0.3 is 25.4 Å². The first kappa shape index (κ1) is 23.6. The van der Waals surface area contributed by atoms with Gasteiger partial charge in [-0.15, -0.1) is 5.41 Å². The topological polar surface area (TPSA) is 26.3 Å². The Labute approximate surface area is 149 Å². The fraction of sp³-hybridized carbons (Fsp3) is 0.526. The molecular weight excluding hydrogens is 326 g/mol. The average molecular weight is 356 g/mol. The Balaban J connectivity index is 0. The number of carbonyl (C=O) groups excluding carboxylic acids is 1. The van der Waals surface area contributed by atoms with E-state index in [-0.39, 0.29) is 36.3 Å². The van der Waals surface area contributed by atoms with E-state index >= 15 is 0 Å². The van der Waals surface area contributed by atoms with Gasteiger partial charge in [0.2, 0.25) is 0 Å². The van der Waals surface area contributed by atoms with Crippen LogP contribution in [0.2, 0.25) is 0 Å². The first-order valence-electron chi connectivity index (χ1n) is 7.46. The molecule has 0 aliphatic carbocycles. The Bertz CT molecular complexity index is 400.